The van der Waals surface area contributed by atoms with E-state index in [9.17, 15) is 4.79 Å². The van der Waals surface area contributed by atoms with E-state index in [4.69, 9.17) is 16.3 Å². The first-order valence-corrected chi connectivity index (χ1v) is 10.9. The van der Waals surface area contributed by atoms with Crippen molar-refractivity contribution in [3.05, 3.63) is 64.3 Å². The lowest BCUT2D eigenvalue weighted by atomic mass is 9.90. The van der Waals surface area contributed by atoms with Gasteiger partial charge in [0.1, 0.15) is 0 Å². The van der Waals surface area contributed by atoms with Crippen molar-refractivity contribution < 1.29 is 9.53 Å². The highest BCUT2D eigenvalue weighted by molar-refractivity contribution is 7.14. The molecule has 0 aliphatic rings. The van der Waals surface area contributed by atoms with Crippen molar-refractivity contribution in [1.29, 1.82) is 0 Å². The van der Waals surface area contributed by atoms with E-state index in [1.807, 2.05) is 44.3 Å². The van der Waals surface area contributed by atoms with Crippen LogP contribution in [0.25, 0.3) is 21.6 Å². The molecule has 0 atom stereocenters. The maximum atomic E-state index is 11.9. The second-order valence-electron chi connectivity index (χ2n) is 8.41. The van der Waals surface area contributed by atoms with Gasteiger partial charge < -0.3 is 4.74 Å². The molecule has 0 aliphatic heterocycles. The number of pyridine rings is 1. The normalized spacial score (nSPS) is 11.7. The smallest absolute Gasteiger partial charge is 0.310 e. The van der Waals surface area contributed by atoms with Crippen LogP contribution in [0.5, 0.6) is 0 Å². The van der Waals surface area contributed by atoms with Gasteiger partial charge in [0.2, 0.25) is 0 Å². The number of rotatable bonds is 5. The topological polar surface area (TPSA) is 39.2 Å². The Labute approximate surface area is 181 Å². The predicted molar refractivity (Wildman–Crippen MR) is 122 cm³/mol. The lowest BCUT2D eigenvalue weighted by molar-refractivity contribution is -0.146. The fourth-order valence-electron chi connectivity index (χ4n) is 2.99. The van der Waals surface area contributed by atoms with Crippen LogP contribution in [0.3, 0.4) is 0 Å². The molecule has 29 heavy (non-hydrogen) atoms. The number of hydrogen-bond acceptors (Lipinski definition) is 4. The molecular weight excluding hydrogens is 402 g/mol. The maximum absolute atomic E-state index is 11.9. The van der Waals surface area contributed by atoms with Gasteiger partial charge in [-0.25, -0.2) is 0 Å². The third-order valence-corrected chi connectivity index (χ3v) is 5.75. The van der Waals surface area contributed by atoms with Gasteiger partial charge in [-0.1, -0.05) is 44.5 Å². The molecule has 0 N–H and O–H groups in total. The summed E-state index contributed by atoms with van der Waals surface area (Å²) >= 11 is 8.19. The predicted octanol–water partition coefficient (Wildman–Crippen LogP) is 6.92. The average Bonchev–Trinajstić information content (AvgIpc) is 3.10. The molecule has 1 aromatic carbocycles. The Morgan fingerprint density at radius 1 is 1.14 bits per heavy atom. The molecule has 2 heterocycles. The Hall–Kier alpha value is -2.17. The molecule has 0 radical (unpaired) electrons. The number of carbonyl (C=O) groups excluding carboxylic acids is 1. The van der Waals surface area contributed by atoms with Gasteiger partial charge >= 0.3 is 5.97 Å². The molecule has 0 spiro atoms. The largest absolute Gasteiger partial charge is 0.463 e. The quantitative estimate of drug-likeness (QED) is 0.414. The Balaban J connectivity index is 1.83. The van der Waals surface area contributed by atoms with E-state index < -0.39 is 0 Å². The zero-order chi connectivity index (χ0) is 21.2. The summed E-state index contributed by atoms with van der Waals surface area (Å²) < 4.78 is 5.21. The highest BCUT2D eigenvalue weighted by Crippen LogP contribution is 2.37. The van der Waals surface area contributed by atoms with Gasteiger partial charge in [-0.15, -0.1) is 11.3 Å². The second-order valence-corrected chi connectivity index (χ2v) is 9.73. The van der Waals surface area contributed by atoms with Gasteiger partial charge in [0.25, 0.3) is 0 Å². The number of halogens is 1. The van der Waals surface area contributed by atoms with E-state index in [-0.39, 0.29) is 23.9 Å². The third-order valence-electron chi connectivity index (χ3n) is 4.48. The maximum Gasteiger partial charge on any atom is 0.310 e. The lowest BCUT2D eigenvalue weighted by Gasteiger charge is -2.18. The number of hydrogen-bond donors (Lipinski definition) is 0. The lowest BCUT2D eigenvalue weighted by Crippen LogP contribution is -2.13. The molecule has 3 rings (SSSR count). The van der Waals surface area contributed by atoms with Crippen LogP contribution in [-0.4, -0.2) is 17.1 Å². The van der Waals surface area contributed by atoms with Crippen molar-refractivity contribution in [2.45, 2.75) is 52.6 Å². The van der Waals surface area contributed by atoms with Gasteiger partial charge in [0.05, 0.1) is 12.5 Å². The summed E-state index contributed by atoms with van der Waals surface area (Å²) in [7, 11) is 0. The molecule has 0 bridgehead atoms. The number of aromatic nitrogens is 1. The van der Waals surface area contributed by atoms with Crippen LogP contribution in [0.2, 0.25) is 5.02 Å². The van der Waals surface area contributed by atoms with Crippen LogP contribution in [-0.2, 0) is 21.4 Å². The number of nitrogens with zero attached hydrogens (tertiary/aromatic N) is 1. The molecule has 0 saturated heterocycles. The number of carbonyl (C=O) groups is 1. The van der Waals surface area contributed by atoms with E-state index in [1.54, 1.807) is 11.3 Å². The molecule has 3 nitrogen and oxygen atoms in total. The summed E-state index contributed by atoms with van der Waals surface area (Å²) in [5.41, 5.74) is 5.19. The van der Waals surface area contributed by atoms with E-state index >= 15 is 0 Å². The van der Waals surface area contributed by atoms with Crippen molar-refractivity contribution in [2.75, 3.05) is 0 Å². The van der Waals surface area contributed by atoms with Crippen LogP contribution in [0.15, 0.2) is 48.0 Å². The fourth-order valence-corrected chi connectivity index (χ4v) is 4.31. The van der Waals surface area contributed by atoms with Crippen LogP contribution in [0.1, 0.15) is 45.9 Å². The summed E-state index contributed by atoms with van der Waals surface area (Å²) in [6.45, 7) is 10.2. The molecule has 0 saturated carbocycles. The number of esters is 1. The zero-order valence-corrected chi connectivity index (χ0v) is 19.0. The summed E-state index contributed by atoms with van der Waals surface area (Å²) in [5, 5.41) is 2.78. The molecule has 0 unspecified atom stereocenters. The van der Waals surface area contributed by atoms with Crippen molar-refractivity contribution in [2.24, 2.45) is 0 Å². The van der Waals surface area contributed by atoms with Crippen LogP contribution in [0.4, 0.5) is 0 Å². The highest BCUT2D eigenvalue weighted by atomic mass is 35.5. The molecule has 0 fully saturated rings. The second kappa shape index (κ2) is 8.68. The van der Waals surface area contributed by atoms with Gasteiger partial charge in [0.15, 0.2) is 0 Å². The van der Waals surface area contributed by atoms with Crippen molar-refractivity contribution in [3.8, 4) is 21.6 Å². The molecule has 152 valence electrons. The van der Waals surface area contributed by atoms with Crippen LogP contribution < -0.4 is 0 Å². The van der Waals surface area contributed by atoms with E-state index in [0.717, 1.165) is 32.8 Å². The Bertz CT molecular complexity index is 1020. The highest BCUT2D eigenvalue weighted by Gasteiger charge is 2.17. The molecule has 3 aromatic rings. The minimum Gasteiger partial charge on any atom is -0.463 e. The molecule has 0 amide bonds. The van der Waals surface area contributed by atoms with Gasteiger partial charge in [-0.05, 0) is 60.2 Å². The number of thiophene rings is 1. The van der Waals surface area contributed by atoms with E-state index in [0.29, 0.717) is 5.02 Å². The van der Waals surface area contributed by atoms with Crippen molar-refractivity contribution >= 4 is 28.9 Å². The van der Waals surface area contributed by atoms with E-state index in [2.05, 4.69) is 43.3 Å². The minimum atomic E-state index is -0.241. The standard InChI is InChI=1S/C24H26ClNO2S/c1-15(2)28-23(27)11-16-6-7-19(20(25)10-16)21-12-18(14-29-21)17-8-9-26-22(13-17)24(3,4)5/h6-10,12-15H,11H2,1-5H3. The minimum absolute atomic E-state index is 0.00468. The van der Waals surface area contributed by atoms with Crippen molar-refractivity contribution in [1.82, 2.24) is 4.98 Å². The average molecular weight is 428 g/mol. The number of benzene rings is 1. The number of ether oxygens (including phenoxy) is 1. The summed E-state index contributed by atoms with van der Waals surface area (Å²) in [6, 6.07) is 12.1. The summed E-state index contributed by atoms with van der Waals surface area (Å²) in [6.07, 6.45) is 1.97. The fraction of sp³-hybridized carbons (Fsp3) is 0.333. The van der Waals surface area contributed by atoms with Crippen LogP contribution in [0, 0.1) is 0 Å². The summed E-state index contributed by atoms with van der Waals surface area (Å²) in [5.74, 6) is -0.241. The first-order valence-electron chi connectivity index (χ1n) is 9.67. The zero-order valence-electron chi connectivity index (χ0n) is 17.5. The van der Waals surface area contributed by atoms with Gasteiger partial charge in [0, 0.05) is 32.8 Å². The first kappa shape index (κ1) is 21.5. The Morgan fingerprint density at radius 3 is 2.55 bits per heavy atom. The van der Waals surface area contributed by atoms with Gasteiger partial charge in [-0.3, -0.25) is 9.78 Å². The first-order chi connectivity index (χ1) is 13.6. The molecule has 2 aromatic heterocycles. The van der Waals surface area contributed by atoms with E-state index in [1.165, 1.54) is 0 Å². The van der Waals surface area contributed by atoms with Crippen molar-refractivity contribution in [3.63, 3.8) is 0 Å². The molecule has 5 heteroatoms. The molecular formula is C24H26ClNO2S. The Kier molecular flexibility index (Phi) is 6.45. The van der Waals surface area contributed by atoms with Gasteiger partial charge in [-0.2, -0.15) is 0 Å². The third kappa shape index (κ3) is 5.46. The monoisotopic (exact) mass is 427 g/mol. The summed E-state index contributed by atoms with van der Waals surface area (Å²) in [4.78, 5) is 17.5. The molecule has 0 aliphatic carbocycles. The Morgan fingerprint density at radius 2 is 1.90 bits per heavy atom. The SMILES string of the molecule is CC(C)OC(=O)Cc1ccc(-c2cc(-c3ccnc(C(C)(C)C)c3)cs2)c(Cl)c1. The van der Waals surface area contributed by atoms with Crippen LogP contribution >= 0.6 is 22.9 Å².